The number of rotatable bonds is 3. The number of hydrogen-bond donors (Lipinski definition) is 0. The number of benzene rings is 1. The molecule has 1 heterocycles. The first-order valence-corrected chi connectivity index (χ1v) is 6.79. The Morgan fingerprint density at radius 1 is 1.09 bits per heavy atom. The molecule has 1 saturated heterocycles. The average Bonchev–Trinajstić information content (AvgIpc) is 2.49. The number of alkyl halides is 3. The van der Waals surface area contributed by atoms with Gasteiger partial charge in [-0.3, -0.25) is 0 Å². The summed E-state index contributed by atoms with van der Waals surface area (Å²) in [5, 5.41) is 0. The second-order valence-corrected chi connectivity index (χ2v) is 6.19. The van der Waals surface area contributed by atoms with Crippen LogP contribution in [0.15, 0.2) is 18.2 Å². The zero-order valence-corrected chi connectivity index (χ0v) is 12.8. The summed E-state index contributed by atoms with van der Waals surface area (Å²) in [5.41, 5.74) is -0.894. The zero-order valence-electron chi connectivity index (χ0n) is 12.8. The molecule has 8 heteroatoms. The molecular formula is C14H17BF4O3. The normalized spacial score (nSPS) is 20.3. The molecular weight excluding hydrogens is 303 g/mol. The third-order valence-corrected chi connectivity index (χ3v) is 3.95. The Balaban J connectivity index is 2.09. The fraction of sp³-hybridized carbons (Fsp3) is 0.571. The van der Waals surface area contributed by atoms with Gasteiger partial charge in [0.05, 0.1) is 11.2 Å². The van der Waals surface area contributed by atoms with Gasteiger partial charge in [-0.1, -0.05) is 6.07 Å². The smallest absolute Gasteiger partial charge is 0.406 e. The predicted molar refractivity (Wildman–Crippen MR) is 72.9 cm³/mol. The van der Waals surface area contributed by atoms with E-state index in [1.165, 1.54) is 6.07 Å². The summed E-state index contributed by atoms with van der Waals surface area (Å²) < 4.78 is 65.3. The van der Waals surface area contributed by atoms with Crippen LogP contribution in [0.5, 0.6) is 5.75 Å². The average molecular weight is 320 g/mol. The molecule has 0 radical (unpaired) electrons. The van der Waals surface area contributed by atoms with Crippen molar-refractivity contribution in [1.29, 1.82) is 0 Å². The third-order valence-electron chi connectivity index (χ3n) is 3.95. The van der Waals surface area contributed by atoms with Crippen LogP contribution in [0.25, 0.3) is 0 Å². The molecule has 1 fully saturated rings. The minimum Gasteiger partial charge on any atom is -0.406 e. The summed E-state index contributed by atoms with van der Waals surface area (Å²) in [6.07, 6.45) is -4.75. The highest BCUT2D eigenvalue weighted by Gasteiger charge is 2.50. The van der Waals surface area contributed by atoms with Gasteiger partial charge in [0.25, 0.3) is 0 Å². The highest BCUT2D eigenvalue weighted by atomic mass is 19.4. The van der Waals surface area contributed by atoms with Gasteiger partial charge in [0, 0.05) is 12.4 Å². The summed E-state index contributed by atoms with van der Waals surface area (Å²) in [6, 6.07) is 3.01. The number of ether oxygens (including phenoxy) is 1. The van der Waals surface area contributed by atoms with Crippen molar-refractivity contribution in [2.75, 3.05) is 0 Å². The van der Waals surface area contributed by atoms with E-state index in [2.05, 4.69) is 4.74 Å². The van der Waals surface area contributed by atoms with E-state index in [4.69, 9.17) is 9.31 Å². The van der Waals surface area contributed by atoms with E-state index < -0.39 is 36.2 Å². The molecule has 3 nitrogen and oxygen atoms in total. The van der Waals surface area contributed by atoms with Crippen molar-refractivity contribution in [3.8, 4) is 5.75 Å². The Labute approximate surface area is 126 Å². The van der Waals surface area contributed by atoms with Crippen LogP contribution in [0.4, 0.5) is 17.6 Å². The lowest BCUT2D eigenvalue weighted by Gasteiger charge is -2.32. The maximum Gasteiger partial charge on any atom is 0.573 e. The lowest BCUT2D eigenvalue weighted by molar-refractivity contribution is -0.274. The standard InChI is InChI=1S/C14H17BF4O3/c1-12(2)13(3,4)22-15(21-12)8-9-5-6-10(7-11(9)16)20-14(17,18)19/h5-7H,8H2,1-4H3. The lowest BCUT2D eigenvalue weighted by atomic mass is 9.80. The van der Waals surface area contributed by atoms with Crippen LogP contribution in [0.1, 0.15) is 33.3 Å². The van der Waals surface area contributed by atoms with Crippen molar-refractivity contribution in [3.63, 3.8) is 0 Å². The molecule has 0 spiro atoms. The van der Waals surface area contributed by atoms with Gasteiger partial charge in [-0.15, -0.1) is 13.2 Å². The number of hydrogen-bond acceptors (Lipinski definition) is 3. The van der Waals surface area contributed by atoms with Crippen molar-refractivity contribution >= 4 is 7.12 Å². The Bertz CT molecular complexity index is 542. The van der Waals surface area contributed by atoms with Crippen LogP contribution in [-0.4, -0.2) is 24.7 Å². The second-order valence-electron chi connectivity index (χ2n) is 6.19. The monoisotopic (exact) mass is 320 g/mol. The zero-order chi connectivity index (χ0) is 16.8. The van der Waals surface area contributed by atoms with Crippen LogP contribution < -0.4 is 4.74 Å². The highest BCUT2D eigenvalue weighted by Crippen LogP contribution is 2.37. The molecule has 0 unspecified atom stereocenters. The van der Waals surface area contributed by atoms with Crippen molar-refractivity contribution in [1.82, 2.24) is 0 Å². The maximum atomic E-state index is 13.9. The van der Waals surface area contributed by atoms with Crippen LogP contribution in [0, 0.1) is 5.82 Å². The van der Waals surface area contributed by atoms with Gasteiger partial charge < -0.3 is 14.0 Å². The van der Waals surface area contributed by atoms with Crippen molar-refractivity contribution in [2.45, 2.75) is 51.6 Å². The molecule has 0 amide bonds. The van der Waals surface area contributed by atoms with E-state index in [-0.39, 0.29) is 11.9 Å². The van der Waals surface area contributed by atoms with Crippen molar-refractivity contribution in [2.24, 2.45) is 0 Å². The highest BCUT2D eigenvalue weighted by molar-refractivity contribution is 6.45. The Morgan fingerprint density at radius 2 is 1.64 bits per heavy atom. The molecule has 122 valence electrons. The van der Waals surface area contributed by atoms with E-state index in [9.17, 15) is 17.6 Å². The summed E-state index contributed by atoms with van der Waals surface area (Å²) >= 11 is 0. The molecule has 1 aliphatic heterocycles. The van der Waals surface area contributed by atoms with Gasteiger partial charge in [-0.05, 0) is 39.3 Å². The lowest BCUT2D eigenvalue weighted by Crippen LogP contribution is -2.41. The molecule has 0 bridgehead atoms. The molecule has 0 N–H and O–H groups in total. The van der Waals surface area contributed by atoms with Crippen LogP contribution in [-0.2, 0) is 15.6 Å². The van der Waals surface area contributed by atoms with E-state index in [0.717, 1.165) is 6.07 Å². The Kier molecular flexibility index (Phi) is 4.21. The molecule has 0 saturated carbocycles. The molecule has 0 aromatic heterocycles. The number of halogens is 4. The van der Waals surface area contributed by atoms with Crippen LogP contribution in [0.2, 0.25) is 0 Å². The van der Waals surface area contributed by atoms with E-state index in [1.54, 1.807) is 0 Å². The van der Waals surface area contributed by atoms with Crippen molar-refractivity contribution in [3.05, 3.63) is 29.6 Å². The molecule has 1 aromatic carbocycles. The second kappa shape index (κ2) is 5.42. The minimum absolute atomic E-state index is 0.102. The van der Waals surface area contributed by atoms with Gasteiger partial charge in [-0.25, -0.2) is 4.39 Å². The van der Waals surface area contributed by atoms with E-state index in [0.29, 0.717) is 6.07 Å². The SMILES string of the molecule is CC1(C)OB(Cc2ccc(OC(F)(F)F)cc2F)OC1(C)C. The fourth-order valence-corrected chi connectivity index (χ4v) is 2.12. The fourth-order valence-electron chi connectivity index (χ4n) is 2.12. The van der Waals surface area contributed by atoms with Gasteiger partial charge in [0.15, 0.2) is 0 Å². The molecule has 2 rings (SSSR count). The molecule has 22 heavy (non-hydrogen) atoms. The summed E-state index contributed by atoms with van der Waals surface area (Å²) in [5.74, 6) is -1.39. The third kappa shape index (κ3) is 3.73. The van der Waals surface area contributed by atoms with Crippen molar-refractivity contribution < 1.29 is 31.6 Å². The quantitative estimate of drug-likeness (QED) is 0.624. The predicted octanol–water partition coefficient (Wildman–Crippen LogP) is 3.90. The first kappa shape index (κ1) is 17.1. The summed E-state index contributed by atoms with van der Waals surface area (Å²) in [6.45, 7) is 7.46. The van der Waals surface area contributed by atoms with Gasteiger partial charge in [0.1, 0.15) is 11.6 Å². The largest absolute Gasteiger partial charge is 0.573 e. The van der Waals surface area contributed by atoms with E-state index in [1.807, 2.05) is 27.7 Å². The van der Waals surface area contributed by atoms with Crippen LogP contribution in [0.3, 0.4) is 0 Å². The summed E-state index contributed by atoms with van der Waals surface area (Å²) in [4.78, 5) is 0. The van der Waals surface area contributed by atoms with Crippen LogP contribution >= 0.6 is 0 Å². The van der Waals surface area contributed by atoms with E-state index >= 15 is 0 Å². The Morgan fingerprint density at radius 3 is 2.09 bits per heavy atom. The maximum absolute atomic E-state index is 13.9. The molecule has 0 aliphatic carbocycles. The molecule has 1 aliphatic rings. The summed E-state index contributed by atoms with van der Waals surface area (Å²) in [7, 11) is -0.658. The Hall–Kier alpha value is -1.28. The van der Waals surface area contributed by atoms with Gasteiger partial charge >= 0.3 is 13.5 Å². The first-order chi connectivity index (χ1) is 9.90. The van der Waals surface area contributed by atoms with Gasteiger partial charge in [0.2, 0.25) is 0 Å². The topological polar surface area (TPSA) is 27.7 Å². The van der Waals surface area contributed by atoms with Gasteiger partial charge in [-0.2, -0.15) is 0 Å². The first-order valence-electron chi connectivity index (χ1n) is 6.79. The molecule has 0 atom stereocenters. The minimum atomic E-state index is -4.85. The molecule has 1 aromatic rings.